The van der Waals surface area contributed by atoms with E-state index in [4.69, 9.17) is 4.74 Å². The minimum Gasteiger partial charge on any atom is -0.497 e. The highest BCUT2D eigenvalue weighted by Gasteiger charge is 2.34. The van der Waals surface area contributed by atoms with Crippen LogP contribution in [0.4, 0.5) is 0 Å². The fourth-order valence-corrected chi connectivity index (χ4v) is 6.41. The van der Waals surface area contributed by atoms with E-state index in [2.05, 4.69) is 28.1 Å². The molecule has 1 N–H and O–H groups in total. The lowest BCUT2D eigenvalue weighted by molar-refractivity contribution is 0.414. The number of benzene rings is 2. The van der Waals surface area contributed by atoms with E-state index in [1.54, 1.807) is 31.4 Å². The molecule has 28 heavy (non-hydrogen) atoms. The van der Waals surface area contributed by atoms with Crippen molar-refractivity contribution >= 4 is 20.7 Å². The molecule has 0 saturated heterocycles. The predicted molar refractivity (Wildman–Crippen MR) is 110 cm³/mol. The van der Waals surface area contributed by atoms with Gasteiger partial charge in [0, 0.05) is 30.6 Å². The maximum absolute atomic E-state index is 13.4. The molecule has 0 spiro atoms. The van der Waals surface area contributed by atoms with Gasteiger partial charge in [0.2, 0.25) is 0 Å². The molecule has 3 heterocycles. The van der Waals surface area contributed by atoms with Crippen molar-refractivity contribution < 1.29 is 13.2 Å². The van der Waals surface area contributed by atoms with Crippen LogP contribution in [0.3, 0.4) is 0 Å². The van der Waals surface area contributed by atoms with E-state index in [-0.39, 0.29) is 0 Å². The molecule has 2 aliphatic rings. The van der Waals surface area contributed by atoms with Crippen molar-refractivity contribution in [1.82, 2.24) is 9.88 Å². The van der Waals surface area contributed by atoms with Crippen LogP contribution in [0, 0.1) is 0 Å². The molecule has 0 amide bonds. The first-order chi connectivity index (χ1) is 13.6. The highest BCUT2D eigenvalue weighted by atomic mass is 32.2. The second-order valence-corrected chi connectivity index (χ2v) is 9.87. The molecule has 0 saturated carbocycles. The summed E-state index contributed by atoms with van der Waals surface area (Å²) in [7, 11) is -1.85. The van der Waals surface area contributed by atoms with Gasteiger partial charge in [0.05, 0.1) is 22.8 Å². The van der Waals surface area contributed by atoms with E-state index >= 15 is 0 Å². The van der Waals surface area contributed by atoms with Crippen molar-refractivity contribution in [2.45, 2.75) is 36.0 Å². The summed E-state index contributed by atoms with van der Waals surface area (Å²) >= 11 is 0. The predicted octanol–water partition coefficient (Wildman–Crippen LogP) is 2.74. The van der Waals surface area contributed by atoms with Crippen LogP contribution < -0.4 is 10.1 Å². The standard InChI is InChI=1S/C22H24N2O3S/c1-27-16-5-7-17(8-6-16)28(25,26)18-13-15-3-2-4-20-19-9-11-23-12-10-21(19)24(14-18)22(15)20/h2-8,18,23H,9-14H2,1H3. The van der Waals surface area contributed by atoms with Gasteiger partial charge in [0.15, 0.2) is 9.84 Å². The molecule has 5 nitrogen and oxygen atoms in total. The lowest BCUT2D eigenvalue weighted by Crippen LogP contribution is -2.33. The summed E-state index contributed by atoms with van der Waals surface area (Å²) in [6, 6.07) is 13.1. The quantitative estimate of drug-likeness (QED) is 0.740. The third-order valence-corrected chi connectivity index (χ3v) is 8.26. The van der Waals surface area contributed by atoms with E-state index < -0.39 is 15.1 Å². The van der Waals surface area contributed by atoms with E-state index in [1.807, 2.05) is 0 Å². The van der Waals surface area contributed by atoms with Gasteiger partial charge in [-0.05, 0) is 54.8 Å². The van der Waals surface area contributed by atoms with Crippen LogP contribution in [0.5, 0.6) is 5.75 Å². The number of para-hydroxylation sites is 1. The summed E-state index contributed by atoms with van der Waals surface area (Å²) in [6.45, 7) is 2.44. The van der Waals surface area contributed by atoms with Crippen molar-refractivity contribution in [3.8, 4) is 5.75 Å². The molecule has 1 atom stereocenters. The highest BCUT2D eigenvalue weighted by molar-refractivity contribution is 7.92. The van der Waals surface area contributed by atoms with Crippen LogP contribution >= 0.6 is 0 Å². The zero-order valence-corrected chi connectivity index (χ0v) is 16.8. The highest BCUT2D eigenvalue weighted by Crippen LogP contribution is 2.36. The number of methoxy groups -OCH3 is 1. The van der Waals surface area contributed by atoms with Gasteiger partial charge in [-0.15, -0.1) is 0 Å². The Kier molecular flexibility index (Phi) is 4.21. The monoisotopic (exact) mass is 396 g/mol. The molecule has 5 rings (SSSR count). The molecular formula is C22H24N2O3S. The van der Waals surface area contributed by atoms with E-state index in [0.717, 1.165) is 31.5 Å². The smallest absolute Gasteiger partial charge is 0.183 e. The van der Waals surface area contributed by atoms with Gasteiger partial charge < -0.3 is 14.6 Å². The summed E-state index contributed by atoms with van der Waals surface area (Å²) in [5.41, 5.74) is 5.09. The topological polar surface area (TPSA) is 60.3 Å². The summed E-state index contributed by atoms with van der Waals surface area (Å²) in [5, 5.41) is 4.31. The second-order valence-electron chi connectivity index (χ2n) is 7.65. The first-order valence-corrected chi connectivity index (χ1v) is 11.3. The molecule has 2 aromatic carbocycles. The maximum atomic E-state index is 13.4. The zero-order valence-electron chi connectivity index (χ0n) is 15.9. The Balaban J connectivity index is 1.60. The fraction of sp³-hybridized carbons (Fsp3) is 0.364. The van der Waals surface area contributed by atoms with Gasteiger partial charge in [-0.1, -0.05) is 18.2 Å². The average Bonchev–Trinajstić information content (AvgIpc) is 2.87. The Hall–Kier alpha value is -2.31. The third-order valence-electron chi connectivity index (χ3n) is 6.14. The maximum Gasteiger partial charge on any atom is 0.183 e. The van der Waals surface area contributed by atoms with Crippen molar-refractivity contribution in [2.24, 2.45) is 0 Å². The Morgan fingerprint density at radius 3 is 2.64 bits per heavy atom. The fourth-order valence-electron chi connectivity index (χ4n) is 4.76. The number of hydrogen-bond acceptors (Lipinski definition) is 4. The van der Waals surface area contributed by atoms with Gasteiger partial charge in [-0.25, -0.2) is 8.42 Å². The number of nitrogens with one attached hydrogen (secondary N) is 1. The number of aromatic nitrogens is 1. The molecule has 1 unspecified atom stereocenters. The Morgan fingerprint density at radius 1 is 1.07 bits per heavy atom. The van der Waals surface area contributed by atoms with Crippen LogP contribution in [-0.2, 0) is 35.6 Å². The molecule has 0 radical (unpaired) electrons. The van der Waals surface area contributed by atoms with Gasteiger partial charge in [0.1, 0.15) is 5.75 Å². The van der Waals surface area contributed by atoms with E-state index in [9.17, 15) is 8.42 Å². The normalized spacial score (nSPS) is 19.2. The van der Waals surface area contributed by atoms with E-state index in [0.29, 0.717) is 23.6 Å². The first-order valence-electron chi connectivity index (χ1n) is 9.80. The van der Waals surface area contributed by atoms with Crippen LogP contribution in [0.15, 0.2) is 47.4 Å². The number of sulfone groups is 1. The molecule has 3 aromatic rings. The van der Waals surface area contributed by atoms with Crippen molar-refractivity contribution in [3.05, 3.63) is 59.3 Å². The summed E-state index contributed by atoms with van der Waals surface area (Å²) < 4.78 is 34.3. The minimum absolute atomic E-state index is 0.369. The molecule has 2 aliphatic heterocycles. The lowest BCUT2D eigenvalue weighted by Gasteiger charge is -2.26. The first kappa shape index (κ1) is 17.8. The van der Waals surface area contributed by atoms with Crippen molar-refractivity contribution in [2.75, 3.05) is 20.2 Å². The number of rotatable bonds is 3. The molecule has 6 heteroatoms. The van der Waals surface area contributed by atoms with Crippen molar-refractivity contribution in [1.29, 1.82) is 0 Å². The number of nitrogens with zero attached hydrogens (tertiary/aromatic N) is 1. The Morgan fingerprint density at radius 2 is 1.86 bits per heavy atom. The van der Waals surface area contributed by atoms with Gasteiger partial charge in [0.25, 0.3) is 0 Å². The van der Waals surface area contributed by atoms with Crippen LogP contribution in [0.2, 0.25) is 0 Å². The molecular weight excluding hydrogens is 372 g/mol. The lowest BCUT2D eigenvalue weighted by atomic mass is 10.0. The molecule has 0 aliphatic carbocycles. The SMILES string of the molecule is COc1ccc(S(=O)(=O)C2Cc3cccc4c5c(n(c34)C2)CCNCC5)cc1. The summed E-state index contributed by atoms with van der Waals surface area (Å²) in [4.78, 5) is 0.369. The van der Waals surface area contributed by atoms with E-state index in [1.165, 1.54) is 22.2 Å². The van der Waals surface area contributed by atoms with Crippen LogP contribution in [-0.4, -0.2) is 38.4 Å². The number of ether oxygens (including phenoxy) is 1. The van der Waals surface area contributed by atoms with Gasteiger partial charge in [-0.2, -0.15) is 0 Å². The van der Waals surface area contributed by atoms with Gasteiger partial charge >= 0.3 is 0 Å². The molecule has 1 aromatic heterocycles. The third kappa shape index (κ3) is 2.66. The Bertz CT molecular complexity index is 1150. The van der Waals surface area contributed by atoms with Crippen LogP contribution in [0.1, 0.15) is 16.8 Å². The molecule has 146 valence electrons. The number of fused-ring (bicyclic) bond motifs is 3. The second kappa shape index (κ2) is 6.64. The Labute approximate surface area is 165 Å². The van der Waals surface area contributed by atoms with Crippen molar-refractivity contribution in [3.63, 3.8) is 0 Å². The summed E-state index contributed by atoms with van der Waals surface area (Å²) in [5.74, 6) is 0.665. The zero-order chi connectivity index (χ0) is 19.3. The molecule has 0 bridgehead atoms. The van der Waals surface area contributed by atoms with Crippen LogP contribution in [0.25, 0.3) is 10.9 Å². The largest absolute Gasteiger partial charge is 0.497 e. The summed E-state index contributed by atoms with van der Waals surface area (Å²) in [6.07, 6.45) is 2.50. The number of hydrogen-bond donors (Lipinski definition) is 1. The van der Waals surface area contributed by atoms with Gasteiger partial charge in [-0.3, -0.25) is 0 Å². The molecule has 0 fully saturated rings. The average molecular weight is 397 g/mol. The minimum atomic E-state index is -3.43.